The summed E-state index contributed by atoms with van der Waals surface area (Å²) in [7, 11) is 1.79. The number of aryl methyl sites for hydroxylation is 1. The zero-order chi connectivity index (χ0) is 16.6. The van der Waals surface area contributed by atoms with Crippen LogP contribution < -0.4 is 5.32 Å². The highest BCUT2D eigenvalue weighted by atomic mass is 16.6. The van der Waals surface area contributed by atoms with Crippen molar-refractivity contribution in [2.75, 3.05) is 33.2 Å². The van der Waals surface area contributed by atoms with Gasteiger partial charge in [0.1, 0.15) is 5.69 Å². The van der Waals surface area contributed by atoms with Gasteiger partial charge in [0.2, 0.25) is 11.8 Å². The number of carbonyl (C=O) groups excluding carboxylic acids is 3. The first-order valence-electron chi connectivity index (χ1n) is 7.57. The summed E-state index contributed by atoms with van der Waals surface area (Å²) < 4.78 is 4.46. The van der Waals surface area contributed by atoms with Gasteiger partial charge in [-0.05, 0) is 24.4 Å². The molecule has 1 N–H and O–H groups in total. The third kappa shape index (κ3) is 2.90. The third-order valence-electron chi connectivity index (χ3n) is 4.59. The summed E-state index contributed by atoms with van der Waals surface area (Å²) in [5.74, 6) is -0.484. The number of aromatic nitrogens is 2. The maximum Gasteiger partial charge on any atom is 0.275 e. The highest BCUT2D eigenvalue weighted by Crippen LogP contribution is 2.31. The molecule has 3 heterocycles. The fourth-order valence-electron chi connectivity index (χ4n) is 3.19. The molecule has 0 spiro atoms. The molecule has 0 bridgehead atoms. The minimum Gasteiger partial charge on any atom is -0.345 e. The Morgan fingerprint density at radius 2 is 2.13 bits per heavy atom. The molecule has 0 aromatic carbocycles. The maximum atomic E-state index is 12.3. The Bertz CT molecular complexity index is 643. The molecular formula is C14H19N5O4. The van der Waals surface area contributed by atoms with Gasteiger partial charge in [0.05, 0.1) is 12.5 Å². The Hall–Kier alpha value is -2.45. The molecule has 2 atom stereocenters. The number of fused-ring (bicyclic) bond motifs is 1. The van der Waals surface area contributed by atoms with E-state index in [2.05, 4.69) is 20.3 Å². The lowest BCUT2D eigenvalue weighted by molar-refractivity contribution is -0.138. The highest BCUT2D eigenvalue weighted by molar-refractivity contribution is 5.95. The van der Waals surface area contributed by atoms with E-state index >= 15 is 0 Å². The van der Waals surface area contributed by atoms with Crippen LogP contribution in [0.2, 0.25) is 0 Å². The van der Waals surface area contributed by atoms with Gasteiger partial charge < -0.3 is 15.1 Å². The van der Waals surface area contributed by atoms with E-state index in [0.29, 0.717) is 18.8 Å². The van der Waals surface area contributed by atoms with Gasteiger partial charge in [-0.1, -0.05) is 5.16 Å². The van der Waals surface area contributed by atoms with E-state index in [-0.39, 0.29) is 35.9 Å². The molecule has 0 aliphatic carbocycles. The van der Waals surface area contributed by atoms with Crippen molar-refractivity contribution < 1.29 is 19.0 Å². The minimum atomic E-state index is -0.496. The number of likely N-dealkylation sites (tertiary alicyclic amines) is 2. The maximum absolute atomic E-state index is 12.3. The van der Waals surface area contributed by atoms with Crippen LogP contribution in [0.25, 0.3) is 0 Å². The second-order valence-corrected chi connectivity index (χ2v) is 6.09. The third-order valence-corrected chi connectivity index (χ3v) is 4.59. The van der Waals surface area contributed by atoms with Crippen LogP contribution in [0.5, 0.6) is 0 Å². The Morgan fingerprint density at radius 1 is 1.35 bits per heavy atom. The van der Waals surface area contributed by atoms with E-state index in [1.165, 1.54) is 0 Å². The van der Waals surface area contributed by atoms with Crippen LogP contribution >= 0.6 is 0 Å². The van der Waals surface area contributed by atoms with Crippen LogP contribution in [0.4, 0.5) is 0 Å². The molecule has 1 aromatic rings. The zero-order valence-electron chi connectivity index (χ0n) is 13.1. The molecule has 23 heavy (non-hydrogen) atoms. The Morgan fingerprint density at radius 3 is 2.83 bits per heavy atom. The average molecular weight is 321 g/mol. The number of nitrogens with zero attached hydrogens (tertiary/aromatic N) is 4. The molecule has 3 rings (SSSR count). The second-order valence-electron chi connectivity index (χ2n) is 6.09. The lowest BCUT2D eigenvalue weighted by atomic mass is 9.88. The van der Waals surface area contributed by atoms with E-state index in [9.17, 15) is 14.4 Å². The predicted octanol–water partition coefficient (Wildman–Crippen LogP) is -0.955. The number of nitrogens with one attached hydrogen (secondary N) is 1. The number of rotatable bonds is 3. The molecule has 0 radical (unpaired) electrons. The molecule has 2 aliphatic rings. The van der Waals surface area contributed by atoms with Crippen LogP contribution in [0.1, 0.15) is 22.6 Å². The van der Waals surface area contributed by atoms with Crippen LogP contribution in [0.3, 0.4) is 0 Å². The van der Waals surface area contributed by atoms with Gasteiger partial charge in [-0.15, -0.1) is 0 Å². The predicted molar refractivity (Wildman–Crippen MR) is 77.2 cm³/mol. The van der Waals surface area contributed by atoms with E-state index in [4.69, 9.17) is 0 Å². The Kier molecular flexibility index (Phi) is 4.01. The van der Waals surface area contributed by atoms with Crippen molar-refractivity contribution in [3.05, 3.63) is 11.4 Å². The molecule has 124 valence electrons. The van der Waals surface area contributed by atoms with Crippen LogP contribution in [-0.4, -0.2) is 71.1 Å². The smallest absolute Gasteiger partial charge is 0.275 e. The van der Waals surface area contributed by atoms with Crippen LogP contribution in [-0.2, 0) is 9.59 Å². The molecule has 2 fully saturated rings. The monoisotopic (exact) mass is 321 g/mol. The molecule has 0 unspecified atom stereocenters. The summed E-state index contributed by atoms with van der Waals surface area (Å²) in [6, 6.07) is 0. The molecule has 2 saturated heterocycles. The van der Waals surface area contributed by atoms with Gasteiger partial charge in [0.15, 0.2) is 5.69 Å². The second kappa shape index (κ2) is 5.98. The topological polar surface area (TPSA) is 109 Å². The molecule has 2 aliphatic heterocycles. The summed E-state index contributed by atoms with van der Waals surface area (Å²) in [5, 5.41) is 9.53. The number of amides is 3. The fourth-order valence-corrected chi connectivity index (χ4v) is 3.19. The number of carbonyl (C=O) groups is 3. The normalized spacial score (nSPS) is 23.8. The molecule has 1 aromatic heterocycles. The largest absolute Gasteiger partial charge is 0.345 e. The summed E-state index contributed by atoms with van der Waals surface area (Å²) >= 11 is 0. The fraction of sp³-hybridized carbons (Fsp3) is 0.643. The average Bonchev–Trinajstić information content (AvgIpc) is 3.15. The lowest BCUT2D eigenvalue weighted by Gasteiger charge is -2.30. The van der Waals surface area contributed by atoms with Gasteiger partial charge in [-0.2, -0.15) is 0 Å². The SMILES string of the molecule is Cc1nonc1C(=O)NCC(=O)N1C[C@H]2CCN(C)C(=O)[C@H]2C1. The van der Waals surface area contributed by atoms with Crippen LogP contribution in [0, 0.1) is 18.8 Å². The lowest BCUT2D eigenvalue weighted by Crippen LogP contribution is -2.43. The zero-order valence-corrected chi connectivity index (χ0v) is 13.1. The minimum absolute atomic E-state index is 0.0738. The summed E-state index contributed by atoms with van der Waals surface area (Å²) in [6.07, 6.45) is 0.910. The first kappa shape index (κ1) is 15.4. The van der Waals surface area contributed by atoms with Gasteiger partial charge in [-0.25, -0.2) is 4.63 Å². The van der Waals surface area contributed by atoms with Crippen molar-refractivity contribution >= 4 is 17.7 Å². The molecule has 0 saturated carbocycles. The van der Waals surface area contributed by atoms with Gasteiger partial charge in [0.25, 0.3) is 5.91 Å². The van der Waals surface area contributed by atoms with E-state index in [1.807, 2.05) is 0 Å². The molecule has 9 heteroatoms. The highest BCUT2D eigenvalue weighted by Gasteiger charge is 2.43. The van der Waals surface area contributed by atoms with Crippen molar-refractivity contribution in [2.24, 2.45) is 11.8 Å². The van der Waals surface area contributed by atoms with Crippen LogP contribution in [0.15, 0.2) is 4.63 Å². The van der Waals surface area contributed by atoms with E-state index in [1.54, 1.807) is 23.8 Å². The van der Waals surface area contributed by atoms with Crippen molar-refractivity contribution in [3.8, 4) is 0 Å². The summed E-state index contributed by atoms with van der Waals surface area (Å²) in [6.45, 7) is 3.20. The van der Waals surface area contributed by atoms with Crippen molar-refractivity contribution in [2.45, 2.75) is 13.3 Å². The van der Waals surface area contributed by atoms with E-state index < -0.39 is 5.91 Å². The summed E-state index contributed by atoms with van der Waals surface area (Å²) in [4.78, 5) is 39.6. The number of hydrogen-bond acceptors (Lipinski definition) is 6. The van der Waals surface area contributed by atoms with Crippen molar-refractivity contribution in [1.82, 2.24) is 25.4 Å². The quantitative estimate of drug-likeness (QED) is 0.768. The summed E-state index contributed by atoms with van der Waals surface area (Å²) in [5.41, 5.74) is 0.445. The van der Waals surface area contributed by atoms with Gasteiger partial charge in [-0.3, -0.25) is 14.4 Å². The van der Waals surface area contributed by atoms with Gasteiger partial charge >= 0.3 is 0 Å². The molecule has 3 amide bonds. The molecular weight excluding hydrogens is 302 g/mol. The Labute approximate surface area is 132 Å². The van der Waals surface area contributed by atoms with Gasteiger partial charge in [0, 0.05) is 26.7 Å². The Balaban J connectivity index is 1.55. The molecule has 9 nitrogen and oxygen atoms in total. The first-order valence-corrected chi connectivity index (χ1v) is 7.57. The van der Waals surface area contributed by atoms with Crippen molar-refractivity contribution in [1.29, 1.82) is 0 Å². The number of hydrogen-bond donors (Lipinski definition) is 1. The first-order chi connectivity index (χ1) is 11.0. The van der Waals surface area contributed by atoms with Crippen molar-refractivity contribution in [3.63, 3.8) is 0 Å². The van der Waals surface area contributed by atoms with E-state index in [0.717, 1.165) is 13.0 Å². The standard InChI is InChI=1S/C14H19N5O4/c1-8-12(17-23-16-8)13(21)15-5-11(20)19-6-9-3-4-18(2)14(22)10(9)7-19/h9-10H,3-7H2,1-2H3,(H,15,21)/t9-,10+/m1/s1. The number of piperidine rings is 1.